The maximum absolute atomic E-state index is 5.70. The summed E-state index contributed by atoms with van der Waals surface area (Å²) in [5, 5.41) is 0.624. The van der Waals surface area contributed by atoms with Gasteiger partial charge in [0.05, 0.1) is 0 Å². The Kier molecular flexibility index (Phi) is 4.76. The van der Waals surface area contributed by atoms with Crippen molar-refractivity contribution in [2.24, 2.45) is 0 Å². The van der Waals surface area contributed by atoms with E-state index in [4.69, 9.17) is 10.5 Å². The maximum atomic E-state index is 5.70. The van der Waals surface area contributed by atoms with Crippen LogP contribution in [0, 0.1) is 6.92 Å². The summed E-state index contributed by atoms with van der Waals surface area (Å²) in [7, 11) is 2.06. The van der Waals surface area contributed by atoms with Gasteiger partial charge >= 0.3 is 0 Å². The molecule has 0 bridgehead atoms. The number of likely N-dealkylation sites (N-methyl/N-ethyl adjacent to an activating group) is 1. The third-order valence-electron chi connectivity index (χ3n) is 2.76. The smallest absolute Gasteiger partial charge is 0.180 e. The molecule has 4 nitrogen and oxygen atoms in total. The van der Waals surface area contributed by atoms with Crippen LogP contribution in [-0.4, -0.2) is 30.1 Å². The second kappa shape index (κ2) is 6.54. The van der Waals surface area contributed by atoms with E-state index in [0.29, 0.717) is 11.7 Å². The molecule has 0 radical (unpaired) electrons. The molecule has 19 heavy (non-hydrogen) atoms. The summed E-state index contributed by atoms with van der Waals surface area (Å²) in [4.78, 5) is 7.42. The molecule has 1 heterocycles. The summed E-state index contributed by atoms with van der Waals surface area (Å²) in [6.45, 7) is 4.46. The van der Waals surface area contributed by atoms with E-state index in [-0.39, 0.29) is 0 Å². The SMILES string of the molecule is Cc1ccc(OCCN(C)Cc2cnc(N)s2)cc1. The quantitative estimate of drug-likeness (QED) is 0.881. The highest BCUT2D eigenvalue weighted by Crippen LogP contribution is 2.16. The van der Waals surface area contributed by atoms with E-state index in [9.17, 15) is 0 Å². The molecule has 0 unspecified atom stereocenters. The van der Waals surface area contributed by atoms with E-state index >= 15 is 0 Å². The predicted octanol–water partition coefficient (Wildman–Crippen LogP) is 2.54. The first-order chi connectivity index (χ1) is 9.13. The number of anilines is 1. The summed E-state index contributed by atoms with van der Waals surface area (Å²) in [5.74, 6) is 0.918. The molecule has 0 fully saturated rings. The zero-order chi connectivity index (χ0) is 13.7. The van der Waals surface area contributed by atoms with Crippen LogP contribution in [0.25, 0.3) is 0 Å². The molecule has 0 aliphatic heterocycles. The standard InChI is InChI=1S/C14H19N3OS/c1-11-3-5-12(6-4-11)18-8-7-17(2)10-13-9-16-14(15)19-13/h3-6,9H,7-8,10H2,1-2H3,(H2,15,16). The van der Waals surface area contributed by atoms with Gasteiger partial charge in [-0.15, -0.1) is 11.3 Å². The van der Waals surface area contributed by atoms with Gasteiger partial charge in [0.2, 0.25) is 0 Å². The normalized spacial score (nSPS) is 10.9. The highest BCUT2D eigenvalue weighted by Gasteiger charge is 2.04. The van der Waals surface area contributed by atoms with E-state index in [1.54, 1.807) is 0 Å². The Hall–Kier alpha value is -1.59. The fourth-order valence-electron chi connectivity index (χ4n) is 1.69. The molecule has 1 aromatic carbocycles. The second-order valence-corrected chi connectivity index (χ2v) is 5.71. The highest BCUT2D eigenvalue weighted by molar-refractivity contribution is 7.15. The Labute approximate surface area is 117 Å². The van der Waals surface area contributed by atoms with Gasteiger partial charge in [0, 0.05) is 24.2 Å². The van der Waals surface area contributed by atoms with Crippen molar-refractivity contribution in [3.8, 4) is 5.75 Å². The lowest BCUT2D eigenvalue weighted by Crippen LogP contribution is -2.23. The number of hydrogen-bond acceptors (Lipinski definition) is 5. The van der Waals surface area contributed by atoms with Crippen molar-refractivity contribution in [1.29, 1.82) is 0 Å². The molecule has 2 aromatic rings. The van der Waals surface area contributed by atoms with Crippen molar-refractivity contribution in [2.75, 3.05) is 25.9 Å². The Morgan fingerprint density at radius 2 is 2.05 bits per heavy atom. The van der Waals surface area contributed by atoms with E-state index < -0.39 is 0 Å². The molecule has 0 atom stereocenters. The lowest BCUT2D eigenvalue weighted by Gasteiger charge is -2.15. The van der Waals surface area contributed by atoms with Crippen LogP contribution in [-0.2, 0) is 6.54 Å². The van der Waals surface area contributed by atoms with Crippen molar-refractivity contribution in [3.63, 3.8) is 0 Å². The predicted molar refractivity (Wildman–Crippen MR) is 79.5 cm³/mol. The van der Waals surface area contributed by atoms with Gasteiger partial charge < -0.3 is 10.5 Å². The van der Waals surface area contributed by atoms with E-state index in [1.165, 1.54) is 21.8 Å². The number of hydrogen-bond donors (Lipinski definition) is 1. The number of thiazole rings is 1. The number of aromatic nitrogens is 1. The third kappa shape index (κ3) is 4.54. The average Bonchev–Trinajstić information content (AvgIpc) is 2.77. The number of nitrogens with zero attached hydrogens (tertiary/aromatic N) is 2. The number of aryl methyl sites for hydroxylation is 1. The zero-order valence-corrected chi connectivity index (χ0v) is 12.1. The lowest BCUT2D eigenvalue weighted by molar-refractivity contribution is 0.234. The minimum Gasteiger partial charge on any atom is -0.492 e. The molecular weight excluding hydrogens is 258 g/mol. The molecule has 2 rings (SSSR count). The fourth-order valence-corrected chi connectivity index (χ4v) is 2.46. The topological polar surface area (TPSA) is 51.4 Å². The first-order valence-electron chi connectivity index (χ1n) is 6.21. The molecule has 0 amide bonds. The largest absolute Gasteiger partial charge is 0.492 e. The molecule has 0 saturated carbocycles. The van der Waals surface area contributed by atoms with Crippen molar-refractivity contribution < 1.29 is 4.74 Å². The third-order valence-corrected chi connectivity index (χ3v) is 3.57. The molecule has 0 aliphatic carbocycles. The minimum absolute atomic E-state index is 0.624. The van der Waals surface area contributed by atoms with Gasteiger partial charge in [0.15, 0.2) is 5.13 Å². The fraction of sp³-hybridized carbons (Fsp3) is 0.357. The van der Waals surface area contributed by atoms with Gasteiger partial charge in [0.1, 0.15) is 12.4 Å². The molecule has 1 aromatic heterocycles. The van der Waals surface area contributed by atoms with E-state index in [0.717, 1.165) is 18.8 Å². The van der Waals surface area contributed by atoms with E-state index in [1.807, 2.05) is 18.3 Å². The summed E-state index contributed by atoms with van der Waals surface area (Å²) in [5.41, 5.74) is 6.85. The van der Waals surface area contributed by atoms with Crippen LogP contribution in [0.3, 0.4) is 0 Å². The summed E-state index contributed by atoms with van der Waals surface area (Å²) >= 11 is 1.53. The molecule has 0 spiro atoms. The average molecular weight is 277 g/mol. The first-order valence-corrected chi connectivity index (χ1v) is 7.03. The van der Waals surface area contributed by atoms with Crippen LogP contribution in [0.1, 0.15) is 10.4 Å². The van der Waals surface area contributed by atoms with Gasteiger partial charge in [-0.05, 0) is 26.1 Å². The summed E-state index contributed by atoms with van der Waals surface area (Å²) in [6.07, 6.45) is 1.83. The number of benzene rings is 1. The number of nitrogen functional groups attached to an aromatic ring is 1. The van der Waals surface area contributed by atoms with Crippen LogP contribution in [0.4, 0.5) is 5.13 Å². The van der Waals surface area contributed by atoms with Crippen molar-refractivity contribution in [1.82, 2.24) is 9.88 Å². The molecule has 5 heteroatoms. The Morgan fingerprint density at radius 1 is 1.32 bits per heavy atom. The highest BCUT2D eigenvalue weighted by atomic mass is 32.1. The van der Waals surface area contributed by atoms with Crippen molar-refractivity contribution in [2.45, 2.75) is 13.5 Å². The van der Waals surface area contributed by atoms with E-state index in [2.05, 4.69) is 36.0 Å². The Balaban J connectivity index is 1.71. The lowest BCUT2D eigenvalue weighted by atomic mass is 10.2. The van der Waals surface area contributed by atoms with Gasteiger partial charge in [-0.1, -0.05) is 17.7 Å². The van der Waals surface area contributed by atoms with Crippen LogP contribution in [0.15, 0.2) is 30.5 Å². The van der Waals surface area contributed by atoms with Crippen molar-refractivity contribution in [3.05, 3.63) is 40.9 Å². The second-order valence-electron chi connectivity index (χ2n) is 4.56. The van der Waals surface area contributed by atoms with Gasteiger partial charge in [-0.3, -0.25) is 4.90 Å². The zero-order valence-electron chi connectivity index (χ0n) is 11.3. The molecule has 102 valence electrons. The van der Waals surface area contributed by atoms with Crippen LogP contribution >= 0.6 is 11.3 Å². The van der Waals surface area contributed by atoms with Gasteiger partial charge in [0.25, 0.3) is 0 Å². The minimum atomic E-state index is 0.624. The maximum Gasteiger partial charge on any atom is 0.180 e. The van der Waals surface area contributed by atoms with Gasteiger partial charge in [-0.25, -0.2) is 4.98 Å². The number of nitrogens with two attached hydrogens (primary N) is 1. The van der Waals surface area contributed by atoms with Crippen molar-refractivity contribution >= 4 is 16.5 Å². The Bertz CT molecular complexity index is 510. The number of ether oxygens (including phenoxy) is 1. The Morgan fingerprint density at radius 3 is 2.68 bits per heavy atom. The molecular formula is C14H19N3OS. The molecule has 0 aliphatic rings. The number of rotatable bonds is 6. The monoisotopic (exact) mass is 277 g/mol. The molecule has 0 saturated heterocycles. The molecule has 2 N–H and O–H groups in total. The van der Waals surface area contributed by atoms with Crippen LogP contribution in [0.5, 0.6) is 5.75 Å². The first kappa shape index (κ1) is 13.8. The van der Waals surface area contributed by atoms with Gasteiger partial charge in [-0.2, -0.15) is 0 Å². The summed E-state index contributed by atoms with van der Waals surface area (Å²) in [6, 6.07) is 8.11. The van der Waals surface area contributed by atoms with Crippen LogP contribution < -0.4 is 10.5 Å². The van der Waals surface area contributed by atoms with Crippen LogP contribution in [0.2, 0.25) is 0 Å². The summed E-state index contributed by atoms with van der Waals surface area (Å²) < 4.78 is 5.70.